The summed E-state index contributed by atoms with van der Waals surface area (Å²) in [5.41, 5.74) is 0. The first kappa shape index (κ1) is 29.4. The van der Waals surface area contributed by atoms with Gasteiger partial charge in [0, 0.05) is 0 Å². The van der Waals surface area contributed by atoms with Crippen molar-refractivity contribution in [3.05, 3.63) is 0 Å². The highest BCUT2D eigenvalue weighted by Crippen LogP contribution is 1.43. The maximum atomic E-state index is 8.56. The summed E-state index contributed by atoms with van der Waals surface area (Å²) in [6, 6.07) is 0. The van der Waals surface area contributed by atoms with Crippen LogP contribution < -0.4 is 0 Å². The summed E-state index contributed by atoms with van der Waals surface area (Å²) in [7, 11) is 0. The number of carbonyl (C=O) groups is 4. The van der Waals surface area contributed by atoms with E-state index in [1.165, 1.54) is 0 Å². The molecule has 0 unspecified atom stereocenters. The fraction of sp³-hybridized carbons (Fsp3) is 0. The number of hydrogen-bond donors (Lipinski definition) is 10. The van der Waals surface area contributed by atoms with Crippen LogP contribution in [0.4, 0.5) is 19.2 Å². The van der Waals surface area contributed by atoms with Crippen molar-refractivity contribution in [1.82, 2.24) is 0 Å². The van der Waals surface area contributed by atoms with Gasteiger partial charge in [-0.15, -0.1) is 0 Å². The van der Waals surface area contributed by atoms with Crippen molar-refractivity contribution in [3.63, 3.8) is 0 Å². The average molecular weight is 282 g/mol. The van der Waals surface area contributed by atoms with Crippen LogP contribution in [0.2, 0.25) is 0 Å². The maximum absolute atomic E-state index is 8.56. The van der Waals surface area contributed by atoms with Crippen LogP contribution in [0.25, 0.3) is 0 Å². The molecule has 0 fully saturated rings. The molecular formula is C4H10O14. The number of hydrogen-bond acceptors (Lipinski definition) is 6. The van der Waals surface area contributed by atoms with E-state index >= 15 is 0 Å². The maximum Gasteiger partial charge on any atom is 0.503 e. The van der Waals surface area contributed by atoms with E-state index in [1.807, 2.05) is 0 Å². The monoisotopic (exact) mass is 282 g/mol. The second kappa shape index (κ2) is 29.2. The van der Waals surface area contributed by atoms with E-state index in [2.05, 4.69) is 0 Å². The van der Waals surface area contributed by atoms with E-state index in [0.717, 1.165) is 0 Å². The first-order valence-electron chi connectivity index (χ1n) is 2.81. The molecule has 0 aromatic heterocycles. The second-order valence-electron chi connectivity index (χ2n) is 1.13. The van der Waals surface area contributed by atoms with E-state index in [0.29, 0.717) is 0 Å². The normalized spacial score (nSPS) is 5.67. The van der Waals surface area contributed by atoms with Crippen LogP contribution >= 0.6 is 0 Å². The van der Waals surface area contributed by atoms with Gasteiger partial charge in [-0.3, -0.25) is 10.5 Å². The highest BCUT2D eigenvalue weighted by atomic mass is 17.0. The predicted molar refractivity (Wildman–Crippen MR) is 47.9 cm³/mol. The van der Waals surface area contributed by atoms with Crippen LogP contribution in [0.3, 0.4) is 0 Å². The molecule has 0 saturated heterocycles. The third kappa shape index (κ3) is 208. The van der Waals surface area contributed by atoms with Gasteiger partial charge < -0.3 is 40.9 Å². The Morgan fingerprint density at radius 3 is 0.389 bits per heavy atom. The lowest BCUT2D eigenvalue weighted by Gasteiger charge is -1.60. The molecule has 18 heavy (non-hydrogen) atoms. The van der Waals surface area contributed by atoms with Crippen LogP contribution in [0.5, 0.6) is 0 Å². The third-order valence-corrected chi connectivity index (χ3v) is 0. The van der Waals surface area contributed by atoms with Gasteiger partial charge in [-0.05, 0) is 0 Å². The molecule has 0 aliphatic rings. The van der Waals surface area contributed by atoms with Gasteiger partial charge in [0.15, 0.2) is 0 Å². The Labute approximate surface area is 96.4 Å². The molecule has 0 bridgehead atoms. The molecule has 14 nitrogen and oxygen atoms in total. The molecule has 0 aromatic carbocycles. The lowest BCUT2D eigenvalue weighted by Crippen LogP contribution is -1.81. The fourth-order valence-corrected chi connectivity index (χ4v) is 0. The largest absolute Gasteiger partial charge is 0.503 e. The average Bonchev–Trinajstić information content (AvgIpc) is 2.01. The van der Waals surface area contributed by atoms with Crippen molar-refractivity contribution in [1.29, 1.82) is 0 Å². The minimum Gasteiger partial charge on any atom is -0.450 e. The molecule has 0 aliphatic heterocycles. The van der Waals surface area contributed by atoms with Gasteiger partial charge in [-0.2, -0.15) is 0 Å². The smallest absolute Gasteiger partial charge is 0.450 e. The summed E-state index contributed by atoms with van der Waals surface area (Å²) < 4.78 is 0. The summed E-state index contributed by atoms with van der Waals surface area (Å²) in [4.78, 5) is 34.2. The van der Waals surface area contributed by atoms with E-state index in [4.69, 9.17) is 70.5 Å². The molecule has 0 spiro atoms. The molecule has 14 heteroatoms. The van der Waals surface area contributed by atoms with Gasteiger partial charge in [0.25, 0.3) is 0 Å². The zero-order valence-electron chi connectivity index (χ0n) is 8.11. The molecule has 0 atom stereocenters. The first-order valence-corrected chi connectivity index (χ1v) is 2.81. The highest BCUT2D eigenvalue weighted by molar-refractivity contribution is 5.54. The Morgan fingerprint density at radius 1 is 0.389 bits per heavy atom. The van der Waals surface area contributed by atoms with E-state index in [-0.39, 0.29) is 0 Å². The van der Waals surface area contributed by atoms with Gasteiger partial charge >= 0.3 is 24.6 Å². The van der Waals surface area contributed by atoms with Crippen molar-refractivity contribution in [3.8, 4) is 0 Å². The Kier molecular flexibility index (Phi) is 47.7. The minimum absolute atomic E-state index is 1.83. The third-order valence-electron chi connectivity index (χ3n) is 0. The standard InChI is InChI=1S/4CH2O3.H2O2/c4*2-1(3)4;1-2/h4*(H2,2,3,4);1-2H. The van der Waals surface area contributed by atoms with Crippen molar-refractivity contribution in [2.75, 3.05) is 0 Å². The van der Waals surface area contributed by atoms with E-state index < -0.39 is 24.6 Å². The Hall–Kier alpha value is -3.00. The van der Waals surface area contributed by atoms with E-state index in [9.17, 15) is 0 Å². The van der Waals surface area contributed by atoms with Crippen molar-refractivity contribution in [2.24, 2.45) is 0 Å². The molecule has 10 N–H and O–H groups in total. The highest BCUT2D eigenvalue weighted by Gasteiger charge is 1.71. The van der Waals surface area contributed by atoms with E-state index in [1.54, 1.807) is 0 Å². The molecule has 110 valence electrons. The van der Waals surface area contributed by atoms with Crippen molar-refractivity contribution < 1.29 is 70.5 Å². The molecular weight excluding hydrogens is 272 g/mol. The van der Waals surface area contributed by atoms with Crippen molar-refractivity contribution >= 4 is 24.6 Å². The van der Waals surface area contributed by atoms with Crippen LogP contribution in [0.1, 0.15) is 0 Å². The van der Waals surface area contributed by atoms with Crippen LogP contribution in [-0.4, -0.2) is 76.0 Å². The zero-order chi connectivity index (χ0) is 16.3. The Balaban J connectivity index is -0.0000000399. The fourth-order valence-electron chi connectivity index (χ4n) is 0. The number of carboxylic acid groups (broad SMARTS) is 8. The number of rotatable bonds is 0. The molecule has 0 heterocycles. The summed E-state index contributed by atoms with van der Waals surface area (Å²) in [6.07, 6.45) is -7.33. The predicted octanol–water partition coefficient (Wildman–Crippen LogP) is 0.907. The van der Waals surface area contributed by atoms with Crippen LogP contribution in [0, 0.1) is 0 Å². The van der Waals surface area contributed by atoms with Crippen LogP contribution in [-0.2, 0) is 0 Å². The topological polar surface area (TPSA) is 271 Å². The minimum atomic E-state index is -1.83. The second-order valence-corrected chi connectivity index (χ2v) is 1.13. The summed E-state index contributed by atoms with van der Waals surface area (Å²) in [5, 5.41) is 67.8. The molecule has 0 amide bonds. The molecule has 0 rings (SSSR count). The SMILES string of the molecule is O=C(O)O.O=C(O)O.O=C(O)O.O=C(O)O.OO. The zero-order valence-corrected chi connectivity index (χ0v) is 8.11. The quantitative estimate of drug-likeness (QED) is 0.218. The Morgan fingerprint density at radius 2 is 0.389 bits per heavy atom. The lowest BCUT2D eigenvalue weighted by atomic mass is 11.5. The van der Waals surface area contributed by atoms with Gasteiger partial charge in [-0.1, -0.05) is 0 Å². The summed E-state index contributed by atoms with van der Waals surface area (Å²) in [5.74, 6) is 0. The first-order chi connectivity index (χ1) is 7.93. The van der Waals surface area contributed by atoms with Gasteiger partial charge in [-0.25, -0.2) is 19.2 Å². The molecule has 0 aliphatic carbocycles. The van der Waals surface area contributed by atoms with Gasteiger partial charge in [0.1, 0.15) is 0 Å². The lowest BCUT2D eigenvalue weighted by molar-refractivity contribution is -0.176. The van der Waals surface area contributed by atoms with Crippen LogP contribution in [0.15, 0.2) is 0 Å². The molecule has 0 radical (unpaired) electrons. The van der Waals surface area contributed by atoms with Gasteiger partial charge in [0.2, 0.25) is 0 Å². The summed E-state index contributed by atoms with van der Waals surface area (Å²) >= 11 is 0. The molecule has 0 aromatic rings. The van der Waals surface area contributed by atoms with Gasteiger partial charge in [0.05, 0.1) is 0 Å². The molecule has 0 saturated carbocycles. The van der Waals surface area contributed by atoms with Crippen molar-refractivity contribution in [2.45, 2.75) is 0 Å². The Bertz CT molecular complexity index is 154. The summed E-state index contributed by atoms with van der Waals surface area (Å²) in [6.45, 7) is 0.